The standard InChI is InChI=1S/C24H26N2O6S/c1-16-9-10-21-17(12-16)13-18(23(27)25-21)14-26(15-19-6-5-11-32-19)33(29,30)22-8-4-3-7-20(22)24(28)31-2/h3-4,7-10,12-13,19H,5-6,11,14-15H2,1-2H3,(H,25,27)/t19-/m0/s1. The fourth-order valence-corrected chi connectivity index (χ4v) is 5.68. The van der Waals surface area contributed by atoms with Crippen LogP contribution in [0.4, 0.5) is 0 Å². The number of sulfonamides is 1. The lowest BCUT2D eigenvalue weighted by Gasteiger charge is -2.25. The number of benzene rings is 2. The third-order valence-electron chi connectivity index (χ3n) is 5.76. The molecule has 174 valence electrons. The smallest absolute Gasteiger partial charge is 0.339 e. The van der Waals surface area contributed by atoms with Crippen molar-refractivity contribution in [1.82, 2.24) is 9.29 Å². The molecule has 33 heavy (non-hydrogen) atoms. The first-order valence-electron chi connectivity index (χ1n) is 10.7. The molecule has 2 heterocycles. The maximum atomic E-state index is 13.7. The summed E-state index contributed by atoms with van der Waals surface area (Å²) in [5.41, 5.74) is 1.60. The summed E-state index contributed by atoms with van der Waals surface area (Å²) in [4.78, 5) is 27.7. The maximum absolute atomic E-state index is 13.7. The predicted molar refractivity (Wildman–Crippen MR) is 124 cm³/mol. The third kappa shape index (κ3) is 4.85. The van der Waals surface area contributed by atoms with E-state index >= 15 is 0 Å². The van der Waals surface area contributed by atoms with E-state index in [-0.39, 0.29) is 35.2 Å². The number of nitrogens with one attached hydrogen (secondary N) is 1. The SMILES string of the molecule is COC(=O)c1ccccc1S(=O)(=O)N(Cc1cc2cc(C)ccc2[nH]c1=O)C[C@@H]1CCCO1. The monoisotopic (exact) mass is 470 g/mol. The van der Waals surface area contributed by atoms with Gasteiger partial charge in [-0.1, -0.05) is 23.8 Å². The van der Waals surface area contributed by atoms with Gasteiger partial charge in [-0.2, -0.15) is 4.31 Å². The van der Waals surface area contributed by atoms with E-state index in [1.54, 1.807) is 18.2 Å². The molecule has 0 spiro atoms. The van der Waals surface area contributed by atoms with Gasteiger partial charge in [0.05, 0.1) is 23.7 Å². The van der Waals surface area contributed by atoms with E-state index in [9.17, 15) is 18.0 Å². The Kier molecular flexibility index (Phi) is 6.64. The van der Waals surface area contributed by atoms with Gasteiger partial charge in [-0.15, -0.1) is 0 Å². The highest BCUT2D eigenvalue weighted by molar-refractivity contribution is 7.89. The van der Waals surface area contributed by atoms with E-state index in [1.807, 2.05) is 25.1 Å². The Morgan fingerprint density at radius 2 is 2.00 bits per heavy atom. The Hall–Kier alpha value is -3.01. The lowest BCUT2D eigenvalue weighted by molar-refractivity contribution is 0.0596. The van der Waals surface area contributed by atoms with Crippen LogP contribution in [-0.2, 0) is 26.0 Å². The number of H-pyrrole nitrogens is 1. The van der Waals surface area contributed by atoms with Gasteiger partial charge in [0.15, 0.2) is 0 Å². The molecule has 9 heteroatoms. The predicted octanol–water partition coefficient (Wildman–Crippen LogP) is 2.99. The lowest BCUT2D eigenvalue weighted by atomic mass is 10.1. The number of aromatic amines is 1. The number of hydrogen-bond acceptors (Lipinski definition) is 6. The lowest BCUT2D eigenvalue weighted by Crippen LogP contribution is -2.39. The van der Waals surface area contributed by atoms with Gasteiger partial charge >= 0.3 is 5.97 Å². The van der Waals surface area contributed by atoms with Gasteiger partial charge in [-0.25, -0.2) is 13.2 Å². The Morgan fingerprint density at radius 1 is 1.21 bits per heavy atom. The van der Waals surface area contributed by atoms with E-state index < -0.39 is 16.0 Å². The zero-order chi connectivity index (χ0) is 23.6. The molecule has 8 nitrogen and oxygen atoms in total. The summed E-state index contributed by atoms with van der Waals surface area (Å²) in [6.45, 7) is 2.43. The number of aromatic nitrogens is 1. The topological polar surface area (TPSA) is 106 Å². The molecule has 0 aliphatic carbocycles. The number of nitrogens with zero attached hydrogens (tertiary/aromatic N) is 1. The van der Waals surface area contributed by atoms with Crippen molar-refractivity contribution in [3.8, 4) is 0 Å². The molecule has 1 aromatic heterocycles. The van der Waals surface area contributed by atoms with E-state index in [4.69, 9.17) is 9.47 Å². The Labute approximate surface area is 192 Å². The second-order valence-electron chi connectivity index (χ2n) is 8.13. The molecule has 0 bridgehead atoms. The molecule has 3 aromatic rings. The van der Waals surface area contributed by atoms with Crippen molar-refractivity contribution < 1.29 is 22.7 Å². The minimum absolute atomic E-state index is 0.0552. The van der Waals surface area contributed by atoms with Crippen molar-refractivity contribution in [2.24, 2.45) is 0 Å². The molecule has 1 aliphatic rings. The van der Waals surface area contributed by atoms with Gasteiger partial charge in [0.1, 0.15) is 0 Å². The summed E-state index contributed by atoms with van der Waals surface area (Å²) in [7, 11) is -2.95. The molecule has 0 unspecified atom stereocenters. The quantitative estimate of drug-likeness (QED) is 0.532. The highest BCUT2D eigenvalue weighted by Crippen LogP contribution is 2.25. The molecular formula is C24H26N2O6S. The molecule has 1 aliphatic heterocycles. The van der Waals surface area contributed by atoms with Crippen molar-refractivity contribution in [2.75, 3.05) is 20.3 Å². The minimum Gasteiger partial charge on any atom is -0.465 e. The molecule has 0 radical (unpaired) electrons. The average molecular weight is 471 g/mol. The summed E-state index contributed by atoms with van der Waals surface area (Å²) < 4.78 is 39.2. The number of fused-ring (bicyclic) bond motifs is 1. The second kappa shape index (κ2) is 9.46. The largest absolute Gasteiger partial charge is 0.465 e. The molecule has 1 saturated heterocycles. The van der Waals surface area contributed by atoms with Gasteiger partial charge in [0.25, 0.3) is 5.56 Å². The van der Waals surface area contributed by atoms with Crippen molar-refractivity contribution in [3.63, 3.8) is 0 Å². The molecule has 4 rings (SSSR count). The van der Waals surface area contributed by atoms with Crippen LogP contribution >= 0.6 is 0 Å². The normalized spacial score (nSPS) is 16.4. The summed E-state index contributed by atoms with van der Waals surface area (Å²) in [6, 6.07) is 13.3. The van der Waals surface area contributed by atoms with Gasteiger partial charge in [-0.05, 0) is 55.5 Å². The van der Waals surface area contributed by atoms with E-state index in [0.717, 1.165) is 23.8 Å². The van der Waals surface area contributed by atoms with Crippen LogP contribution in [0.2, 0.25) is 0 Å². The number of hydrogen-bond donors (Lipinski definition) is 1. The Morgan fingerprint density at radius 3 is 2.73 bits per heavy atom. The molecule has 1 atom stereocenters. The van der Waals surface area contributed by atoms with Crippen molar-refractivity contribution in [1.29, 1.82) is 0 Å². The average Bonchev–Trinajstić information content (AvgIpc) is 3.32. The Balaban J connectivity index is 1.78. The van der Waals surface area contributed by atoms with Crippen LogP contribution < -0.4 is 5.56 Å². The molecule has 1 fully saturated rings. The summed E-state index contributed by atoms with van der Waals surface area (Å²) in [5, 5.41) is 0.814. The summed E-state index contributed by atoms with van der Waals surface area (Å²) in [5.74, 6) is -0.745. The number of esters is 1. The molecule has 1 N–H and O–H groups in total. The minimum atomic E-state index is -4.15. The van der Waals surface area contributed by atoms with Crippen LogP contribution in [-0.4, -0.2) is 50.0 Å². The van der Waals surface area contributed by atoms with Gasteiger partial charge < -0.3 is 14.5 Å². The number of methoxy groups -OCH3 is 1. The number of ether oxygens (including phenoxy) is 2. The van der Waals surface area contributed by atoms with Crippen LogP contribution in [0, 0.1) is 6.92 Å². The van der Waals surface area contributed by atoms with Crippen molar-refractivity contribution in [2.45, 2.75) is 37.3 Å². The van der Waals surface area contributed by atoms with Gasteiger partial charge in [-0.3, -0.25) is 4.79 Å². The molecule has 0 saturated carbocycles. The fraction of sp³-hybridized carbons (Fsp3) is 0.333. The van der Waals surface area contributed by atoms with Gasteiger partial charge in [0, 0.05) is 30.8 Å². The fourth-order valence-electron chi connectivity index (χ4n) is 4.05. The third-order valence-corrected chi connectivity index (χ3v) is 7.63. The van der Waals surface area contributed by atoms with Crippen LogP contribution in [0.25, 0.3) is 10.9 Å². The number of carbonyl (C=O) groups is 1. The first-order chi connectivity index (χ1) is 15.8. The van der Waals surface area contributed by atoms with E-state index in [1.165, 1.54) is 23.5 Å². The Bertz CT molecular complexity index is 1340. The van der Waals surface area contributed by atoms with Crippen LogP contribution in [0.3, 0.4) is 0 Å². The van der Waals surface area contributed by atoms with Gasteiger partial charge in [0.2, 0.25) is 10.0 Å². The van der Waals surface area contributed by atoms with Crippen LogP contribution in [0.5, 0.6) is 0 Å². The van der Waals surface area contributed by atoms with Crippen LogP contribution in [0.1, 0.15) is 34.3 Å². The summed E-state index contributed by atoms with van der Waals surface area (Å²) in [6.07, 6.45) is 1.28. The highest BCUT2D eigenvalue weighted by Gasteiger charge is 2.33. The number of aryl methyl sites for hydroxylation is 1. The zero-order valence-electron chi connectivity index (χ0n) is 18.5. The first-order valence-corrected chi connectivity index (χ1v) is 12.2. The first kappa shape index (κ1) is 23.2. The zero-order valence-corrected chi connectivity index (χ0v) is 19.4. The van der Waals surface area contributed by atoms with E-state index in [0.29, 0.717) is 17.7 Å². The van der Waals surface area contributed by atoms with Crippen molar-refractivity contribution >= 4 is 26.9 Å². The number of pyridine rings is 1. The summed E-state index contributed by atoms with van der Waals surface area (Å²) >= 11 is 0. The number of carbonyl (C=O) groups excluding carboxylic acids is 1. The maximum Gasteiger partial charge on any atom is 0.339 e. The molecule has 0 amide bonds. The van der Waals surface area contributed by atoms with Crippen molar-refractivity contribution in [3.05, 3.63) is 75.6 Å². The van der Waals surface area contributed by atoms with Crippen LogP contribution in [0.15, 0.2) is 58.2 Å². The van der Waals surface area contributed by atoms with E-state index in [2.05, 4.69) is 4.98 Å². The molecular weight excluding hydrogens is 444 g/mol. The highest BCUT2D eigenvalue weighted by atomic mass is 32.2. The second-order valence-corrected chi connectivity index (χ2v) is 10.0. The number of rotatable bonds is 7. The molecule has 2 aromatic carbocycles.